The van der Waals surface area contributed by atoms with Crippen molar-refractivity contribution in [1.29, 1.82) is 0 Å². The summed E-state index contributed by atoms with van der Waals surface area (Å²) in [4.78, 5) is 16.0. The zero-order chi connectivity index (χ0) is 18.4. The molecule has 2 fully saturated rings. The fourth-order valence-electron chi connectivity index (χ4n) is 4.56. The van der Waals surface area contributed by atoms with Crippen molar-refractivity contribution in [1.82, 2.24) is 14.9 Å². The maximum Gasteiger partial charge on any atom is 0.140 e. The molecule has 1 spiro atoms. The lowest BCUT2D eigenvalue weighted by molar-refractivity contribution is -0.0357. The van der Waals surface area contributed by atoms with Gasteiger partial charge in [-0.2, -0.15) is 0 Å². The molecule has 0 radical (unpaired) electrons. The molecule has 0 saturated carbocycles. The quantitative estimate of drug-likeness (QED) is 0.802. The summed E-state index contributed by atoms with van der Waals surface area (Å²) in [5.74, 6) is 1.04. The Kier molecular flexibility index (Phi) is 4.68. The molecule has 0 aromatic carbocycles. The van der Waals surface area contributed by atoms with Gasteiger partial charge in [-0.25, -0.2) is 9.97 Å². The molecule has 0 unspecified atom stereocenters. The van der Waals surface area contributed by atoms with Gasteiger partial charge in [-0.1, -0.05) is 20.8 Å². The second-order valence-corrected chi connectivity index (χ2v) is 10.4. The first-order valence-corrected chi connectivity index (χ1v) is 10.5. The molecular formula is C20H29FN4S. The summed E-state index contributed by atoms with van der Waals surface area (Å²) >= 11 is 1.60. The lowest BCUT2D eigenvalue weighted by atomic mass is 9.71. The zero-order valence-corrected chi connectivity index (χ0v) is 16.9. The normalized spacial score (nSPS) is 20.7. The Morgan fingerprint density at radius 2 is 1.92 bits per heavy atom. The summed E-state index contributed by atoms with van der Waals surface area (Å²) < 4.78 is 12.7. The molecule has 26 heavy (non-hydrogen) atoms. The van der Waals surface area contributed by atoms with Crippen LogP contribution in [0.1, 0.15) is 38.5 Å². The number of piperidine rings is 1. The largest absolute Gasteiger partial charge is 0.356 e. The van der Waals surface area contributed by atoms with Crippen LogP contribution in [-0.2, 0) is 6.42 Å². The van der Waals surface area contributed by atoms with Crippen molar-refractivity contribution in [2.24, 2.45) is 10.8 Å². The van der Waals surface area contributed by atoms with Crippen LogP contribution in [0.5, 0.6) is 0 Å². The molecule has 4 rings (SSSR count). The first-order valence-electron chi connectivity index (χ1n) is 9.64. The Hall–Kier alpha value is -1.27. The molecule has 2 aliphatic rings. The second-order valence-electron chi connectivity index (χ2n) is 9.26. The van der Waals surface area contributed by atoms with E-state index >= 15 is 0 Å². The third-order valence-electron chi connectivity index (χ3n) is 5.64. The molecule has 142 valence electrons. The molecule has 0 bridgehead atoms. The standard InChI is InChI=1S/C20H29FN4S/c1-19(2,3)11-24-12-20(13-24)5-8-25(9-6-20)17-16-10-15(4-7-21)26-18(16)23-14-22-17/h10,14H,4-9,11-13H2,1-3H3. The van der Waals surface area contributed by atoms with Crippen molar-refractivity contribution < 1.29 is 4.39 Å². The van der Waals surface area contributed by atoms with Crippen molar-refractivity contribution in [3.05, 3.63) is 17.3 Å². The molecule has 6 heteroatoms. The van der Waals surface area contributed by atoms with Crippen LogP contribution in [0.3, 0.4) is 0 Å². The van der Waals surface area contributed by atoms with Gasteiger partial charge in [-0.15, -0.1) is 11.3 Å². The van der Waals surface area contributed by atoms with Crippen LogP contribution in [0, 0.1) is 10.8 Å². The minimum atomic E-state index is -0.313. The van der Waals surface area contributed by atoms with Crippen LogP contribution in [0.4, 0.5) is 10.2 Å². The molecular weight excluding hydrogens is 347 g/mol. The third kappa shape index (κ3) is 3.58. The molecule has 2 aromatic heterocycles. The number of likely N-dealkylation sites (tertiary alicyclic amines) is 1. The van der Waals surface area contributed by atoms with Gasteiger partial charge in [0.15, 0.2) is 0 Å². The van der Waals surface area contributed by atoms with Crippen molar-refractivity contribution in [2.75, 3.05) is 44.3 Å². The van der Waals surface area contributed by atoms with E-state index in [0.717, 1.165) is 34.0 Å². The number of halogens is 1. The average Bonchev–Trinajstić information content (AvgIpc) is 2.95. The minimum Gasteiger partial charge on any atom is -0.356 e. The highest BCUT2D eigenvalue weighted by Gasteiger charge is 2.45. The van der Waals surface area contributed by atoms with Crippen molar-refractivity contribution in [3.63, 3.8) is 0 Å². The van der Waals surface area contributed by atoms with Gasteiger partial charge in [0.05, 0.1) is 12.1 Å². The molecule has 2 saturated heterocycles. The van der Waals surface area contributed by atoms with Gasteiger partial charge in [0.2, 0.25) is 0 Å². The van der Waals surface area contributed by atoms with Crippen LogP contribution >= 0.6 is 11.3 Å². The molecule has 4 nitrogen and oxygen atoms in total. The SMILES string of the molecule is CC(C)(C)CN1CC2(CCN(c3ncnc4sc(CCF)cc34)CC2)C1. The number of hydrogen-bond donors (Lipinski definition) is 0. The third-order valence-corrected chi connectivity index (χ3v) is 6.74. The Morgan fingerprint density at radius 1 is 1.19 bits per heavy atom. The number of nitrogens with zero attached hydrogens (tertiary/aromatic N) is 4. The number of aryl methyl sites for hydroxylation is 1. The number of alkyl halides is 1. The van der Waals surface area contributed by atoms with Crippen molar-refractivity contribution in [2.45, 2.75) is 40.0 Å². The molecule has 2 aromatic rings. The van der Waals surface area contributed by atoms with Gasteiger partial charge in [-0.05, 0) is 29.7 Å². The van der Waals surface area contributed by atoms with E-state index < -0.39 is 0 Å². The van der Waals surface area contributed by atoms with Crippen LogP contribution in [0.2, 0.25) is 0 Å². The molecule has 4 heterocycles. The van der Waals surface area contributed by atoms with E-state index in [9.17, 15) is 4.39 Å². The maximum atomic E-state index is 12.7. The molecule has 2 aliphatic heterocycles. The Labute approximate surface area is 159 Å². The predicted molar refractivity (Wildman–Crippen MR) is 107 cm³/mol. The fourth-order valence-corrected chi connectivity index (χ4v) is 5.52. The molecule has 0 amide bonds. The summed E-state index contributed by atoms with van der Waals surface area (Å²) in [5, 5.41) is 1.10. The van der Waals surface area contributed by atoms with Crippen LogP contribution in [-0.4, -0.2) is 54.3 Å². The summed E-state index contributed by atoms with van der Waals surface area (Å²) in [7, 11) is 0. The number of anilines is 1. The van der Waals surface area contributed by atoms with Crippen molar-refractivity contribution in [3.8, 4) is 0 Å². The topological polar surface area (TPSA) is 32.3 Å². The van der Waals surface area contributed by atoms with Crippen LogP contribution in [0.25, 0.3) is 10.2 Å². The second kappa shape index (κ2) is 6.71. The summed E-state index contributed by atoms with van der Waals surface area (Å²) in [6.07, 6.45) is 4.61. The van der Waals surface area contributed by atoms with Gasteiger partial charge in [-0.3, -0.25) is 4.39 Å². The lowest BCUT2D eigenvalue weighted by Crippen LogP contribution is -2.61. The van der Waals surface area contributed by atoms with E-state index in [4.69, 9.17) is 0 Å². The van der Waals surface area contributed by atoms with Gasteiger partial charge in [0.1, 0.15) is 17.0 Å². The van der Waals surface area contributed by atoms with E-state index in [1.54, 1.807) is 17.7 Å². The van der Waals surface area contributed by atoms with Gasteiger partial charge >= 0.3 is 0 Å². The maximum absolute atomic E-state index is 12.7. The Balaban J connectivity index is 1.42. The summed E-state index contributed by atoms with van der Waals surface area (Å²) in [5.41, 5.74) is 0.896. The lowest BCUT2D eigenvalue weighted by Gasteiger charge is -2.55. The van der Waals surface area contributed by atoms with E-state index in [1.807, 2.05) is 0 Å². The van der Waals surface area contributed by atoms with Crippen LogP contribution < -0.4 is 4.90 Å². The smallest absolute Gasteiger partial charge is 0.140 e. The van der Waals surface area contributed by atoms with Gasteiger partial charge in [0, 0.05) is 44.0 Å². The predicted octanol–water partition coefficient (Wildman–Crippen LogP) is 4.15. The Morgan fingerprint density at radius 3 is 2.58 bits per heavy atom. The first-order chi connectivity index (χ1) is 12.4. The van der Waals surface area contributed by atoms with Gasteiger partial charge < -0.3 is 9.80 Å². The van der Waals surface area contributed by atoms with E-state index in [0.29, 0.717) is 17.3 Å². The number of hydrogen-bond acceptors (Lipinski definition) is 5. The number of thiophene rings is 1. The zero-order valence-electron chi connectivity index (χ0n) is 16.1. The highest BCUT2D eigenvalue weighted by Crippen LogP contribution is 2.43. The van der Waals surface area contributed by atoms with Gasteiger partial charge in [0.25, 0.3) is 0 Å². The van der Waals surface area contributed by atoms with Crippen LogP contribution in [0.15, 0.2) is 12.4 Å². The highest BCUT2D eigenvalue weighted by molar-refractivity contribution is 7.18. The highest BCUT2D eigenvalue weighted by atomic mass is 32.1. The van der Waals surface area contributed by atoms with E-state index in [2.05, 4.69) is 46.6 Å². The minimum absolute atomic E-state index is 0.313. The van der Waals surface area contributed by atoms with E-state index in [1.165, 1.54) is 32.5 Å². The molecule has 0 aliphatic carbocycles. The number of rotatable bonds is 4. The summed E-state index contributed by atoms with van der Waals surface area (Å²) in [6, 6.07) is 2.09. The number of fused-ring (bicyclic) bond motifs is 1. The van der Waals surface area contributed by atoms with E-state index in [-0.39, 0.29) is 6.67 Å². The summed E-state index contributed by atoms with van der Waals surface area (Å²) in [6.45, 7) is 12.4. The fraction of sp³-hybridized carbons (Fsp3) is 0.700. The average molecular weight is 377 g/mol. The monoisotopic (exact) mass is 376 g/mol. The molecule has 0 atom stereocenters. The number of aromatic nitrogens is 2. The Bertz CT molecular complexity index is 766. The molecule has 0 N–H and O–H groups in total. The van der Waals surface area contributed by atoms with Crippen molar-refractivity contribution >= 4 is 27.4 Å². The first kappa shape index (κ1) is 18.1.